The van der Waals surface area contributed by atoms with Gasteiger partial charge < -0.3 is 20.1 Å². The van der Waals surface area contributed by atoms with Gasteiger partial charge in [-0.05, 0) is 49.4 Å². The van der Waals surface area contributed by atoms with E-state index in [1.807, 2.05) is 49.4 Å². The lowest BCUT2D eigenvalue weighted by atomic mass is 10.0. The minimum absolute atomic E-state index is 0.0392. The number of aryl methyl sites for hydroxylation is 1. The van der Waals surface area contributed by atoms with Crippen LogP contribution in [0.25, 0.3) is 0 Å². The maximum Gasteiger partial charge on any atom is 0.115 e. The molecular weight excluding hydrogens is 330 g/mol. The summed E-state index contributed by atoms with van der Waals surface area (Å²) in [6, 6.07) is 17.0. The molecule has 2 rings (SSSR count). The molecule has 0 aromatic heterocycles. The molecule has 0 saturated carbocycles. The van der Waals surface area contributed by atoms with Gasteiger partial charge in [-0.1, -0.05) is 42.5 Å². The fourth-order valence-corrected chi connectivity index (χ4v) is 2.72. The number of hydrogen-bond acceptors (Lipinski definition) is 5. The third kappa shape index (κ3) is 7.54. The normalized spacial score (nSPS) is 14.7. The molecule has 0 aliphatic carbocycles. The molecule has 5 heteroatoms. The van der Waals surface area contributed by atoms with Crippen molar-refractivity contribution in [2.24, 2.45) is 0 Å². The van der Waals surface area contributed by atoms with Gasteiger partial charge in [0, 0.05) is 6.04 Å². The summed E-state index contributed by atoms with van der Waals surface area (Å²) < 4.78 is 5.64. The van der Waals surface area contributed by atoms with E-state index in [1.54, 1.807) is 12.1 Å². The molecular formula is C21H29NO4. The molecule has 4 N–H and O–H groups in total. The molecule has 3 atom stereocenters. The molecule has 0 heterocycles. The first-order chi connectivity index (χ1) is 12.6. The van der Waals surface area contributed by atoms with Gasteiger partial charge >= 0.3 is 0 Å². The molecule has 142 valence electrons. The Hall–Kier alpha value is -1.92. The molecule has 0 saturated heterocycles. The molecule has 2 aromatic carbocycles. The van der Waals surface area contributed by atoms with Crippen molar-refractivity contribution in [3.05, 3.63) is 65.7 Å². The van der Waals surface area contributed by atoms with Crippen LogP contribution in [0, 0.1) is 0 Å². The van der Waals surface area contributed by atoms with Crippen LogP contribution >= 0.6 is 0 Å². The Kier molecular flexibility index (Phi) is 8.58. The third-order valence-corrected chi connectivity index (χ3v) is 4.23. The van der Waals surface area contributed by atoms with Crippen LogP contribution in [0.2, 0.25) is 0 Å². The number of benzene rings is 2. The number of ether oxygens (including phenoxy) is 1. The number of phenolic OH excluding ortho intramolecular Hbond substituents is 1. The van der Waals surface area contributed by atoms with Crippen LogP contribution in [0.15, 0.2) is 54.6 Å². The molecule has 0 fully saturated rings. The summed E-state index contributed by atoms with van der Waals surface area (Å²) in [7, 11) is 0. The second-order valence-electron chi connectivity index (χ2n) is 6.60. The number of aliphatic hydroxyl groups excluding tert-OH is 2. The van der Waals surface area contributed by atoms with Crippen LogP contribution < -0.4 is 5.32 Å². The zero-order valence-corrected chi connectivity index (χ0v) is 15.2. The van der Waals surface area contributed by atoms with Crippen LogP contribution in [-0.4, -0.2) is 46.9 Å². The fourth-order valence-electron chi connectivity index (χ4n) is 2.72. The van der Waals surface area contributed by atoms with E-state index in [4.69, 9.17) is 9.84 Å². The van der Waals surface area contributed by atoms with E-state index < -0.39 is 6.23 Å². The topological polar surface area (TPSA) is 82.0 Å². The second kappa shape index (κ2) is 10.9. The Morgan fingerprint density at radius 1 is 1.00 bits per heavy atom. The van der Waals surface area contributed by atoms with E-state index in [-0.39, 0.29) is 24.5 Å². The summed E-state index contributed by atoms with van der Waals surface area (Å²) in [6.07, 6.45) is 1.15. The average Bonchev–Trinajstić information content (AvgIpc) is 2.66. The largest absolute Gasteiger partial charge is 0.508 e. The minimum atomic E-state index is -0.648. The van der Waals surface area contributed by atoms with Crippen LogP contribution in [0.3, 0.4) is 0 Å². The van der Waals surface area contributed by atoms with Crippen molar-refractivity contribution in [2.45, 2.75) is 44.6 Å². The molecule has 0 radical (unpaired) electrons. The summed E-state index contributed by atoms with van der Waals surface area (Å²) in [5.41, 5.74) is 2.23. The molecule has 0 amide bonds. The van der Waals surface area contributed by atoms with Gasteiger partial charge in [0.05, 0.1) is 19.3 Å². The van der Waals surface area contributed by atoms with Crippen molar-refractivity contribution in [1.29, 1.82) is 0 Å². The van der Waals surface area contributed by atoms with Gasteiger partial charge in [0.1, 0.15) is 12.0 Å². The quantitative estimate of drug-likeness (QED) is 0.463. The first-order valence-electron chi connectivity index (χ1n) is 9.05. The number of aromatic hydroxyl groups is 1. The van der Waals surface area contributed by atoms with Crippen molar-refractivity contribution in [3.63, 3.8) is 0 Å². The lowest BCUT2D eigenvalue weighted by Crippen LogP contribution is -2.43. The van der Waals surface area contributed by atoms with Crippen molar-refractivity contribution in [2.75, 3.05) is 13.2 Å². The highest BCUT2D eigenvalue weighted by Gasteiger charge is 2.16. The summed E-state index contributed by atoms with van der Waals surface area (Å²) in [4.78, 5) is 0. The number of nitrogens with one attached hydrogen (secondary N) is 1. The van der Waals surface area contributed by atoms with Crippen LogP contribution in [-0.2, 0) is 17.6 Å². The summed E-state index contributed by atoms with van der Waals surface area (Å²) >= 11 is 0. The Morgan fingerprint density at radius 3 is 2.35 bits per heavy atom. The molecule has 26 heavy (non-hydrogen) atoms. The third-order valence-electron chi connectivity index (χ3n) is 4.23. The van der Waals surface area contributed by atoms with Gasteiger partial charge in [-0.15, -0.1) is 0 Å². The van der Waals surface area contributed by atoms with E-state index in [0.29, 0.717) is 19.4 Å². The zero-order chi connectivity index (χ0) is 18.8. The van der Waals surface area contributed by atoms with Crippen LogP contribution in [0.5, 0.6) is 5.75 Å². The average molecular weight is 359 g/mol. The Labute approximate surface area is 155 Å². The van der Waals surface area contributed by atoms with Crippen molar-refractivity contribution < 1.29 is 20.1 Å². The van der Waals surface area contributed by atoms with Crippen molar-refractivity contribution in [3.8, 4) is 5.75 Å². The second-order valence-corrected chi connectivity index (χ2v) is 6.60. The summed E-state index contributed by atoms with van der Waals surface area (Å²) in [5, 5.41) is 32.1. The predicted octanol–water partition coefficient (Wildman–Crippen LogP) is 2.24. The highest BCUT2D eigenvalue weighted by Crippen LogP contribution is 2.13. The SMILES string of the molecule is C[C@@H](CO)OC[C@@H](Cc1ccc(O)cc1)NC(O)CCc1ccccc1. The molecule has 0 aliphatic heterocycles. The zero-order valence-electron chi connectivity index (χ0n) is 15.2. The van der Waals surface area contributed by atoms with Gasteiger partial charge in [0.25, 0.3) is 0 Å². The maximum absolute atomic E-state index is 10.4. The number of rotatable bonds is 11. The molecule has 1 unspecified atom stereocenters. The van der Waals surface area contributed by atoms with Gasteiger partial charge in [0.2, 0.25) is 0 Å². The lowest BCUT2D eigenvalue weighted by molar-refractivity contribution is 0.00243. The smallest absolute Gasteiger partial charge is 0.115 e. The molecule has 0 spiro atoms. The number of phenols is 1. The first-order valence-corrected chi connectivity index (χ1v) is 9.05. The van der Waals surface area contributed by atoms with Crippen LogP contribution in [0.4, 0.5) is 0 Å². The van der Waals surface area contributed by atoms with E-state index in [0.717, 1.165) is 12.0 Å². The monoisotopic (exact) mass is 359 g/mol. The molecule has 5 nitrogen and oxygen atoms in total. The molecule has 2 aromatic rings. The Morgan fingerprint density at radius 2 is 1.69 bits per heavy atom. The predicted molar refractivity (Wildman–Crippen MR) is 102 cm³/mol. The van der Waals surface area contributed by atoms with Crippen molar-refractivity contribution >= 4 is 0 Å². The molecule has 0 bridgehead atoms. The number of aliphatic hydroxyl groups is 2. The highest BCUT2D eigenvalue weighted by molar-refractivity contribution is 5.26. The van der Waals surface area contributed by atoms with Gasteiger partial charge in [-0.25, -0.2) is 0 Å². The fraction of sp³-hybridized carbons (Fsp3) is 0.429. The minimum Gasteiger partial charge on any atom is -0.508 e. The first kappa shape index (κ1) is 20.4. The standard InChI is InChI=1S/C21H29NO4/c1-16(14-23)26-15-19(13-18-7-10-20(24)11-8-18)22-21(25)12-9-17-5-3-2-4-6-17/h2-8,10-11,16,19,21-25H,9,12-15H2,1H3/t16-,19+,21?/m0/s1. The summed E-state index contributed by atoms with van der Waals surface area (Å²) in [6.45, 7) is 2.15. The Bertz CT molecular complexity index is 618. The van der Waals surface area contributed by atoms with Gasteiger partial charge in [0.15, 0.2) is 0 Å². The van der Waals surface area contributed by atoms with Gasteiger partial charge in [-0.3, -0.25) is 5.32 Å². The maximum atomic E-state index is 10.4. The van der Waals surface area contributed by atoms with Crippen LogP contribution in [0.1, 0.15) is 24.5 Å². The lowest BCUT2D eigenvalue weighted by Gasteiger charge is -2.24. The van der Waals surface area contributed by atoms with E-state index in [2.05, 4.69) is 5.32 Å². The number of hydrogen-bond donors (Lipinski definition) is 4. The van der Waals surface area contributed by atoms with Gasteiger partial charge in [-0.2, -0.15) is 0 Å². The van der Waals surface area contributed by atoms with E-state index in [1.165, 1.54) is 5.56 Å². The highest BCUT2D eigenvalue weighted by atomic mass is 16.5. The van der Waals surface area contributed by atoms with E-state index >= 15 is 0 Å². The van der Waals surface area contributed by atoms with E-state index in [9.17, 15) is 10.2 Å². The Balaban J connectivity index is 1.89. The van der Waals surface area contributed by atoms with Crippen molar-refractivity contribution in [1.82, 2.24) is 5.32 Å². The summed E-state index contributed by atoms with van der Waals surface area (Å²) in [5.74, 6) is 0.228. The molecule has 0 aliphatic rings.